The standard InChI is InChI=1S/C18H25N5O4S.ClH/c1-11(2)15-16-14(23(18(15)25)28(5,26)27)6-7-22(16)17(24)13-9-19-12(8-20-13)10-21(3)4;/h6,8-9,11,15-16H,7,10H2,1-5H3;1H/t15-,16+;/m1./s1. The van der Waals surface area contributed by atoms with Crippen LogP contribution in [0.1, 0.15) is 30.0 Å². The van der Waals surface area contributed by atoms with Crippen LogP contribution in [0.25, 0.3) is 0 Å². The highest BCUT2D eigenvalue weighted by molar-refractivity contribution is 7.89. The maximum atomic E-state index is 13.1. The quantitative estimate of drug-likeness (QED) is 0.661. The van der Waals surface area contributed by atoms with Crippen molar-refractivity contribution in [3.05, 3.63) is 35.6 Å². The first-order chi connectivity index (χ1) is 13.0. The molecule has 160 valence electrons. The molecule has 2 amide bonds. The lowest BCUT2D eigenvalue weighted by molar-refractivity contribution is -0.128. The summed E-state index contributed by atoms with van der Waals surface area (Å²) in [5, 5.41) is 0. The summed E-state index contributed by atoms with van der Waals surface area (Å²) in [6.07, 6.45) is 5.62. The molecule has 11 heteroatoms. The van der Waals surface area contributed by atoms with Gasteiger partial charge in [-0.2, -0.15) is 0 Å². The molecule has 9 nitrogen and oxygen atoms in total. The number of halogens is 1. The number of carbonyl (C=O) groups is 2. The van der Waals surface area contributed by atoms with Crippen molar-refractivity contribution in [2.75, 3.05) is 26.9 Å². The maximum Gasteiger partial charge on any atom is 0.274 e. The molecule has 0 bridgehead atoms. The van der Waals surface area contributed by atoms with Crippen LogP contribution in [0, 0.1) is 11.8 Å². The molecular formula is C18H26ClN5O4S. The Morgan fingerprint density at radius 1 is 1.28 bits per heavy atom. The molecule has 0 aromatic carbocycles. The summed E-state index contributed by atoms with van der Waals surface area (Å²) in [4.78, 5) is 37.8. The molecule has 0 aliphatic carbocycles. The van der Waals surface area contributed by atoms with E-state index in [9.17, 15) is 18.0 Å². The topological polar surface area (TPSA) is 104 Å². The SMILES string of the molecule is CC(C)[C@H]1C(=O)N(S(C)(=O)=O)C2=CCN(C(=O)c3cnc(CN(C)C)cn3)[C@@H]21.Cl. The third kappa shape index (κ3) is 4.29. The van der Waals surface area contributed by atoms with Crippen LogP contribution in [0.3, 0.4) is 0 Å². The number of hydrogen-bond donors (Lipinski definition) is 0. The van der Waals surface area contributed by atoms with Crippen molar-refractivity contribution < 1.29 is 18.0 Å². The lowest BCUT2D eigenvalue weighted by Gasteiger charge is -2.28. The zero-order valence-electron chi connectivity index (χ0n) is 17.1. The van der Waals surface area contributed by atoms with Gasteiger partial charge in [-0.1, -0.05) is 13.8 Å². The maximum absolute atomic E-state index is 13.1. The summed E-state index contributed by atoms with van der Waals surface area (Å²) in [6.45, 7) is 4.53. The lowest BCUT2D eigenvalue weighted by atomic mass is 9.89. The molecule has 1 aromatic heterocycles. The van der Waals surface area contributed by atoms with E-state index in [-0.39, 0.29) is 36.5 Å². The summed E-state index contributed by atoms with van der Waals surface area (Å²) in [5.74, 6) is -1.60. The molecular weight excluding hydrogens is 418 g/mol. The Hall–Kier alpha value is -2.04. The van der Waals surface area contributed by atoms with E-state index in [1.165, 1.54) is 11.1 Å². The normalized spacial score (nSPS) is 21.5. The van der Waals surface area contributed by atoms with Gasteiger partial charge >= 0.3 is 0 Å². The highest BCUT2D eigenvalue weighted by atomic mass is 35.5. The van der Waals surface area contributed by atoms with Gasteiger partial charge in [0, 0.05) is 13.1 Å². The van der Waals surface area contributed by atoms with Crippen molar-refractivity contribution in [1.82, 2.24) is 24.1 Å². The Kier molecular flexibility index (Phi) is 6.71. The third-order valence-electron chi connectivity index (χ3n) is 4.91. The first kappa shape index (κ1) is 23.2. The van der Waals surface area contributed by atoms with Gasteiger partial charge in [-0.3, -0.25) is 14.6 Å². The third-order valence-corrected chi connectivity index (χ3v) is 5.96. The molecule has 3 rings (SSSR count). The van der Waals surface area contributed by atoms with E-state index < -0.39 is 27.9 Å². The van der Waals surface area contributed by atoms with Crippen molar-refractivity contribution >= 4 is 34.2 Å². The number of fused-ring (bicyclic) bond motifs is 1. The van der Waals surface area contributed by atoms with Gasteiger partial charge < -0.3 is 9.80 Å². The largest absolute Gasteiger partial charge is 0.324 e. The fourth-order valence-corrected chi connectivity index (χ4v) is 4.81. The van der Waals surface area contributed by atoms with Crippen LogP contribution in [0.15, 0.2) is 24.2 Å². The van der Waals surface area contributed by atoms with Gasteiger partial charge in [-0.15, -0.1) is 12.4 Å². The molecule has 1 aromatic rings. The Labute approximate surface area is 177 Å². The van der Waals surface area contributed by atoms with Gasteiger partial charge in [-0.25, -0.2) is 17.7 Å². The molecule has 0 unspecified atom stereocenters. The second-order valence-electron chi connectivity index (χ2n) is 7.80. The van der Waals surface area contributed by atoms with Gasteiger partial charge in [-0.05, 0) is 26.1 Å². The van der Waals surface area contributed by atoms with Crippen LogP contribution < -0.4 is 0 Å². The molecule has 3 heterocycles. The summed E-state index contributed by atoms with van der Waals surface area (Å²) < 4.78 is 25.2. The number of nitrogens with zero attached hydrogens (tertiary/aromatic N) is 5. The smallest absolute Gasteiger partial charge is 0.274 e. The van der Waals surface area contributed by atoms with Crippen molar-refractivity contribution in [3.8, 4) is 0 Å². The summed E-state index contributed by atoms with van der Waals surface area (Å²) in [6, 6.07) is -0.613. The first-order valence-electron chi connectivity index (χ1n) is 9.03. The van der Waals surface area contributed by atoms with E-state index in [1.54, 1.807) is 12.3 Å². The molecule has 2 aliphatic rings. The molecule has 29 heavy (non-hydrogen) atoms. The zero-order chi connectivity index (χ0) is 20.8. The second kappa shape index (κ2) is 8.37. The minimum atomic E-state index is -3.76. The summed E-state index contributed by atoms with van der Waals surface area (Å²) in [7, 11) is 0.0648. The second-order valence-corrected chi connectivity index (χ2v) is 9.63. The van der Waals surface area contributed by atoms with Crippen LogP contribution in [0.5, 0.6) is 0 Å². The summed E-state index contributed by atoms with van der Waals surface area (Å²) in [5.41, 5.74) is 1.27. The van der Waals surface area contributed by atoms with Gasteiger partial charge in [0.1, 0.15) is 5.69 Å². The fourth-order valence-electron chi connectivity index (χ4n) is 3.80. The number of aromatic nitrogens is 2. The highest BCUT2D eigenvalue weighted by Crippen LogP contribution is 2.41. The van der Waals surface area contributed by atoms with Gasteiger partial charge in [0.15, 0.2) is 0 Å². The van der Waals surface area contributed by atoms with Gasteiger partial charge in [0.05, 0.1) is 42.0 Å². The number of rotatable bonds is 5. The molecule has 0 radical (unpaired) electrons. The molecule has 1 saturated heterocycles. The molecule has 0 N–H and O–H groups in total. The van der Waals surface area contributed by atoms with E-state index in [0.29, 0.717) is 12.2 Å². The average Bonchev–Trinajstić information content (AvgIpc) is 3.09. The monoisotopic (exact) mass is 443 g/mol. The van der Waals surface area contributed by atoms with Crippen molar-refractivity contribution in [2.45, 2.75) is 26.4 Å². The van der Waals surface area contributed by atoms with Crippen LogP contribution in [-0.2, 0) is 21.4 Å². The minimum Gasteiger partial charge on any atom is -0.324 e. The van der Waals surface area contributed by atoms with Gasteiger partial charge in [0.25, 0.3) is 5.91 Å². The Morgan fingerprint density at radius 2 is 1.93 bits per heavy atom. The van der Waals surface area contributed by atoms with Crippen LogP contribution in [0.4, 0.5) is 0 Å². The Balaban J connectivity index is 0.00000300. The van der Waals surface area contributed by atoms with Crippen molar-refractivity contribution in [1.29, 1.82) is 0 Å². The average molecular weight is 444 g/mol. The molecule has 0 saturated carbocycles. The summed E-state index contributed by atoms with van der Waals surface area (Å²) >= 11 is 0. The van der Waals surface area contributed by atoms with Crippen molar-refractivity contribution in [3.63, 3.8) is 0 Å². The number of hydrogen-bond acceptors (Lipinski definition) is 7. The fraction of sp³-hybridized carbons (Fsp3) is 0.556. The lowest BCUT2D eigenvalue weighted by Crippen LogP contribution is -2.43. The Bertz CT molecular complexity index is 930. The molecule has 0 spiro atoms. The highest BCUT2D eigenvalue weighted by Gasteiger charge is 2.54. The number of carbonyl (C=O) groups excluding carboxylic acids is 2. The van der Waals surface area contributed by atoms with Crippen LogP contribution in [-0.4, -0.2) is 77.2 Å². The predicted molar refractivity (Wildman–Crippen MR) is 110 cm³/mol. The molecule has 2 aliphatic heterocycles. The predicted octanol–water partition coefficient (Wildman–Crippen LogP) is 0.742. The van der Waals surface area contributed by atoms with Crippen LogP contribution >= 0.6 is 12.4 Å². The zero-order valence-corrected chi connectivity index (χ0v) is 18.7. The number of sulfonamides is 1. The Morgan fingerprint density at radius 3 is 2.41 bits per heavy atom. The molecule has 2 atom stereocenters. The minimum absolute atomic E-state index is 0. The van der Waals surface area contributed by atoms with Crippen molar-refractivity contribution in [2.24, 2.45) is 11.8 Å². The number of amides is 2. The van der Waals surface area contributed by atoms with E-state index >= 15 is 0 Å². The molecule has 1 fully saturated rings. The van der Waals surface area contributed by atoms with E-state index in [2.05, 4.69) is 9.97 Å². The van der Waals surface area contributed by atoms with Gasteiger partial charge in [0.2, 0.25) is 15.9 Å². The van der Waals surface area contributed by atoms with E-state index in [4.69, 9.17) is 0 Å². The van der Waals surface area contributed by atoms with E-state index in [0.717, 1.165) is 16.3 Å². The van der Waals surface area contributed by atoms with E-state index in [1.807, 2.05) is 32.8 Å². The van der Waals surface area contributed by atoms with Crippen LogP contribution in [0.2, 0.25) is 0 Å². The first-order valence-corrected chi connectivity index (χ1v) is 10.9.